The third kappa shape index (κ3) is 7.22. The standard InChI is InChI=1S/C25H26F6N2O2/c26-24(27,28)19-14-18(15-20(16-19)25(29,30)31)22(34)32-12-7-13-33(21-10-5-2-6-11-21)23(35)17-8-3-1-4-9-17/h2,5-6,10-11,14-17H,1,3-4,7-9,12-13H2,(H,32,34). The zero-order chi connectivity index (χ0) is 25.6. The zero-order valence-corrected chi connectivity index (χ0v) is 18.9. The first-order valence-electron chi connectivity index (χ1n) is 11.4. The predicted molar refractivity (Wildman–Crippen MR) is 119 cm³/mol. The molecule has 0 spiro atoms. The van der Waals surface area contributed by atoms with E-state index in [1.807, 2.05) is 6.07 Å². The van der Waals surface area contributed by atoms with Gasteiger partial charge in [0.2, 0.25) is 5.91 Å². The molecule has 1 aliphatic rings. The molecular weight excluding hydrogens is 474 g/mol. The fourth-order valence-electron chi connectivity index (χ4n) is 4.17. The molecule has 0 unspecified atom stereocenters. The van der Waals surface area contributed by atoms with Crippen molar-refractivity contribution in [2.75, 3.05) is 18.0 Å². The van der Waals surface area contributed by atoms with Gasteiger partial charge in [0.05, 0.1) is 11.1 Å². The van der Waals surface area contributed by atoms with E-state index in [2.05, 4.69) is 5.32 Å². The fourth-order valence-corrected chi connectivity index (χ4v) is 4.17. The average Bonchev–Trinajstić information content (AvgIpc) is 2.83. The first-order valence-corrected chi connectivity index (χ1v) is 11.4. The SMILES string of the molecule is O=C(NCCCN(C(=O)C1CCCCC1)c1ccccc1)c1cc(C(F)(F)F)cc(C(F)(F)F)c1. The number of carbonyl (C=O) groups is 2. The van der Waals surface area contributed by atoms with Crippen LogP contribution in [0.5, 0.6) is 0 Å². The number of alkyl halides is 6. The van der Waals surface area contributed by atoms with E-state index in [0.29, 0.717) is 17.8 Å². The third-order valence-electron chi connectivity index (χ3n) is 5.98. The largest absolute Gasteiger partial charge is 0.416 e. The Hall–Kier alpha value is -3.04. The van der Waals surface area contributed by atoms with Gasteiger partial charge in [-0.2, -0.15) is 26.3 Å². The van der Waals surface area contributed by atoms with E-state index in [1.54, 1.807) is 29.2 Å². The van der Waals surface area contributed by atoms with E-state index < -0.39 is 35.0 Å². The number of amides is 2. The lowest BCUT2D eigenvalue weighted by molar-refractivity contribution is -0.143. The van der Waals surface area contributed by atoms with Crippen molar-refractivity contribution in [2.45, 2.75) is 50.9 Å². The highest BCUT2D eigenvalue weighted by atomic mass is 19.4. The second kappa shape index (κ2) is 11.1. The van der Waals surface area contributed by atoms with Crippen molar-refractivity contribution >= 4 is 17.5 Å². The molecule has 1 fully saturated rings. The fraction of sp³-hybridized carbons (Fsp3) is 0.440. The van der Waals surface area contributed by atoms with Crippen LogP contribution in [0.2, 0.25) is 0 Å². The van der Waals surface area contributed by atoms with Gasteiger partial charge in [0, 0.05) is 30.3 Å². The van der Waals surface area contributed by atoms with Crippen LogP contribution < -0.4 is 10.2 Å². The van der Waals surface area contributed by atoms with E-state index in [-0.39, 0.29) is 37.4 Å². The molecule has 0 aromatic heterocycles. The summed E-state index contributed by atoms with van der Waals surface area (Å²) in [5.41, 5.74) is -3.14. The molecule has 3 rings (SSSR count). The van der Waals surface area contributed by atoms with Crippen LogP contribution in [0.4, 0.5) is 32.0 Å². The quantitative estimate of drug-likeness (QED) is 0.351. The molecule has 0 saturated heterocycles. The maximum absolute atomic E-state index is 13.1. The van der Waals surface area contributed by atoms with Crippen molar-refractivity contribution in [1.82, 2.24) is 5.32 Å². The van der Waals surface area contributed by atoms with Gasteiger partial charge in [-0.3, -0.25) is 9.59 Å². The van der Waals surface area contributed by atoms with Gasteiger partial charge in [-0.15, -0.1) is 0 Å². The lowest BCUT2D eigenvalue weighted by Crippen LogP contribution is -2.39. The summed E-state index contributed by atoms with van der Waals surface area (Å²) in [6.07, 6.45) is -5.15. The second-order valence-corrected chi connectivity index (χ2v) is 8.56. The molecule has 0 atom stereocenters. The Morgan fingerprint density at radius 2 is 1.43 bits per heavy atom. The number of benzene rings is 2. The maximum atomic E-state index is 13.1. The Balaban J connectivity index is 1.67. The molecule has 0 aliphatic heterocycles. The monoisotopic (exact) mass is 500 g/mol. The second-order valence-electron chi connectivity index (χ2n) is 8.56. The number of anilines is 1. The first kappa shape index (κ1) is 26.6. The van der Waals surface area contributed by atoms with Gasteiger partial charge in [-0.05, 0) is 49.6 Å². The van der Waals surface area contributed by atoms with Crippen LogP contribution in [-0.4, -0.2) is 24.9 Å². The normalized spacial score (nSPS) is 15.0. The molecule has 0 radical (unpaired) electrons. The smallest absolute Gasteiger partial charge is 0.352 e. The number of nitrogens with one attached hydrogen (secondary N) is 1. The van der Waals surface area contributed by atoms with Gasteiger partial charge >= 0.3 is 12.4 Å². The minimum Gasteiger partial charge on any atom is -0.352 e. The highest BCUT2D eigenvalue weighted by Crippen LogP contribution is 2.36. The summed E-state index contributed by atoms with van der Waals surface area (Å²) in [6, 6.07) is 9.76. The van der Waals surface area contributed by atoms with Gasteiger partial charge in [-0.1, -0.05) is 37.5 Å². The Morgan fingerprint density at radius 1 is 0.857 bits per heavy atom. The number of hydrogen-bond acceptors (Lipinski definition) is 2. The number of nitrogens with zero attached hydrogens (tertiary/aromatic N) is 1. The highest BCUT2D eigenvalue weighted by molar-refractivity contribution is 5.95. The van der Waals surface area contributed by atoms with E-state index >= 15 is 0 Å². The Kier molecular flexibility index (Phi) is 8.45. The van der Waals surface area contributed by atoms with Crippen LogP contribution in [0.3, 0.4) is 0 Å². The summed E-state index contributed by atoms with van der Waals surface area (Å²) >= 11 is 0. The summed E-state index contributed by atoms with van der Waals surface area (Å²) < 4.78 is 78.3. The molecule has 190 valence electrons. The van der Waals surface area contributed by atoms with Gasteiger partial charge in [-0.25, -0.2) is 0 Å². The summed E-state index contributed by atoms with van der Waals surface area (Å²) in [7, 11) is 0. The van der Waals surface area contributed by atoms with E-state index in [4.69, 9.17) is 0 Å². The van der Waals surface area contributed by atoms with Crippen molar-refractivity contribution < 1.29 is 35.9 Å². The summed E-state index contributed by atoms with van der Waals surface area (Å²) in [6.45, 7) is 0.216. The Labute approximate surface area is 199 Å². The molecule has 0 heterocycles. The summed E-state index contributed by atoms with van der Waals surface area (Å²) in [4.78, 5) is 27.1. The van der Waals surface area contributed by atoms with Crippen molar-refractivity contribution in [1.29, 1.82) is 0 Å². The van der Waals surface area contributed by atoms with Crippen LogP contribution in [0, 0.1) is 5.92 Å². The molecule has 1 N–H and O–H groups in total. The predicted octanol–water partition coefficient (Wildman–Crippen LogP) is 6.46. The minimum absolute atomic E-state index is 0.0186. The molecule has 35 heavy (non-hydrogen) atoms. The molecule has 0 bridgehead atoms. The van der Waals surface area contributed by atoms with E-state index in [9.17, 15) is 35.9 Å². The third-order valence-corrected chi connectivity index (χ3v) is 5.98. The number of carbonyl (C=O) groups excluding carboxylic acids is 2. The Morgan fingerprint density at radius 3 is 1.97 bits per heavy atom. The summed E-state index contributed by atoms with van der Waals surface area (Å²) in [5, 5.41) is 2.37. The Bertz CT molecular complexity index is 983. The van der Waals surface area contributed by atoms with Gasteiger partial charge in [0.25, 0.3) is 5.91 Å². The van der Waals surface area contributed by atoms with Gasteiger partial charge in [0.1, 0.15) is 0 Å². The van der Waals surface area contributed by atoms with Crippen LogP contribution in [0.25, 0.3) is 0 Å². The average molecular weight is 500 g/mol. The van der Waals surface area contributed by atoms with Crippen molar-refractivity contribution in [2.24, 2.45) is 5.92 Å². The van der Waals surface area contributed by atoms with Gasteiger partial charge < -0.3 is 10.2 Å². The van der Waals surface area contributed by atoms with Crippen LogP contribution >= 0.6 is 0 Å². The molecule has 10 heteroatoms. The first-order chi connectivity index (χ1) is 16.5. The lowest BCUT2D eigenvalue weighted by atomic mass is 9.88. The molecule has 2 amide bonds. The van der Waals surface area contributed by atoms with Crippen molar-refractivity contribution in [3.8, 4) is 0 Å². The van der Waals surface area contributed by atoms with Crippen LogP contribution in [0.15, 0.2) is 48.5 Å². The number of para-hydroxylation sites is 1. The molecule has 1 aliphatic carbocycles. The molecule has 1 saturated carbocycles. The van der Waals surface area contributed by atoms with E-state index in [1.165, 1.54) is 0 Å². The van der Waals surface area contributed by atoms with Gasteiger partial charge in [0.15, 0.2) is 0 Å². The highest BCUT2D eigenvalue weighted by Gasteiger charge is 2.37. The van der Waals surface area contributed by atoms with E-state index in [0.717, 1.165) is 32.1 Å². The summed E-state index contributed by atoms with van der Waals surface area (Å²) in [5.74, 6) is -1.16. The molecule has 4 nitrogen and oxygen atoms in total. The molecule has 2 aromatic carbocycles. The molecular formula is C25H26F6N2O2. The van der Waals surface area contributed by atoms with Crippen LogP contribution in [0.1, 0.15) is 60.0 Å². The van der Waals surface area contributed by atoms with Crippen molar-refractivity contribution in [3.63, 3.8) is 0 Å². The lowest BCUT2D eigenvalue weighted by Gasteiger charge is -2.29. The van der Waals surface area contributed by atoms with Crippen molar-refractivity contribution in [3.05, 3.63) is 65.2 Å². The number of rotatable bonds is 7. The topological polar surface area (TPSA) is 49.4 Å². The minimum atomic E-state index is -5.04. The number of halogens is 6. The maximum Gasteiger partial charge on any atom is 0.416 e. The van der Waals surface area contributed by atoms with Crippen LogP contribution in [-0.2, 0) is 17.1 Å². The molecule has 2 aromatic rings. The number of hydrogen-bond donors (Lipinski definition) is 1. The zero-order valence-electron chi connectivity index (χ0n) is 18.9.